The normalized spacial score (nSPS) is 16.7. The third-order valence-corrected chi connectivity index (χ3v) is 5.63. The minimum Gasteiger partial charge on any atom is -0.465 e. The van der Waals surface area contributed by atoms with Crippen LogP contribution in [0.15, 0.2) is 23.1 Å². The number of thioether (sulfide) groups is 1. The highest BCUT2D eigenvalue weighted by Gasteiger charge is 2.31. The molecule has 0 saturated heterocycles. The number of hydrogen-bond donors (Lipinski definition) is 3. The molecule has 1 unspecified atom stereocenters. The Morgan fingerprint density at radius 1 is 1.26 bits per heavy atom. The predicted molar refractivity (Wildman–Crippen MR) is 96.0 cm³/mol. The number of carbonyl (C=O) groups is 1. The van der Waals surface area contributed by atoms with E-state index >= 15 is 0 Å². The summed E-state index contributed by atoms with van der Waals surface area (Å²) in [5, 5.41) is 20.9. The van der Waals surface area contributed by atoms with Crippen LogP contribution in [0.2, 0.25) is 0 Å². The second kappa shape index (κ2) is 10.1. The number of carboxylic acid groups (broad SMARTS) is 1. The number of nitrogens with one attached hydrogen (secondary N) is 1. The van der Waals surface area contributed by atoms with Gasteiger partial charge in [-0.25, -0.2) is 4.79 Å². The van der Waals surface area contributed by atoms with Crippen LogP contribution in [0.4, 0.5) is 18.0 Å². The molecule has 0 aromatic heterocycles. The van der Waals surface area contributed by atoms with Crippen molar-refractivity contribution in [3.05, 3.63) is 23.8 Å². The van der Waals surface area contributed by atoms with Gasteiger partial charge in [0.1, 0.15) is 5.75 Å². The first-order valence-electron chi connectivity index (χ1n) is 8.91. The van der Waals surface area contributed by atoms with Crippen molar-refractivity contribution in [3.63, 3.8) is 0 Å². The van der Waals surface area contributed by atoms with Crippen molar-refractivity contribution in [1.29, 1.82) is 0 Å². The van der Waals surface area contributed by atoms with E-state index in [4.69, 9.17) is 5.11 Å². The maximum Gasteiger partial charge on any atom is 0.573 e. The average Bonchev–Trinajstić information content (AvgIpc) is 2.59. The van der Waals surface area contributed by atoms with Crippen LogP contribution in [0, 0.1) is 5.92 Å². The van der Waals surface area contributed by atoms with Crippen LogP contribution in [-0.2, 0) is 0 Å². The monoisotopic (exact) mass is 407 g/mol. The van der Waals surface area contributed by atoms with Crippen LogP contribution in [0.5, 0.6) is 5.75 Å². The third kappa shape index (κ3) is 8.30. The number of halogens is 3. The van der Waals surface area contributed by atoms with Gasteiger partial charge in [-0.2, -0.15) is 0 Å². The maximum absolute atomic E-state index is 12.6. The van der Waals surface area contributed by atoms with E-state index in [1.807, 2.05) is 0 Å². The van der Waals surface area contributed by atoms with Crippen LogP contribution in [0.25, 0.3) is 0 Å². The highest BCUT2D eigenvalue weighted by Crippen LogP contribution is 2.35. The Kier molecular flexibility index (Phi) is 8.09. The highest BCUT2D eigenvalue weighted by molar-refractivity contribution is 7.99. The smallest absolute Gasteiger partial charge is 0.465 e. The van der Waals surface area contributed by atoms with Crippen molar-refractivity contribution in [2.24, 2.45) is 5.92 Å². The second-order valence-electron chi connectivity index (χ2n) is 6.64. The number of aliphatic hydroxyl groups excluding tert-OH is 1. The van der Waals surface area contributed by atoms with Gasteiger partial charge < -0.3 is 20.3 Å². The molecule has 5 nitrogen and oxygen atoms in total. The third-order valence-electron chi connectivity index (χ3n) is 4.43. The van der Waals surface area contributed by atoms with Crippen molar-refractivity contribution in [2.75, 3.05) is 12.3 Å². The van der Waals surface area contributed by atoms with Gasteiger partial charge in [-0.05, 0) is 48.9 Å². The molecule has 1 atom stereocenters. The van der Waals surface area contributed by atoms with Gasteiger partial charge in [-0.3, -0.25) is 0 Å². The Bertz CT molecular complexity index is 621. The summed E-state index contributed by atoms with van der Waals surface area (Å²) in [5.74, 6) is 0.978. The zero-order valence-electron chi connectivity index (χ0n) is 14.8. The zero-order valence-corrected chi connectivity index (χ0v) is 15.6. The average molecular weight is 407 g/mol. The van der Waals surface area contributed by atoms with E-state index in [-0.39, 0.29) is 24.3 Å². The SMILES string of the molecule is O=C(O)NCCC(O)c1cc(OC(F)(F)F)cc(SCC2CCCCC2)c1. The molecule has 1 aliphatic carbocycles. The number of ether oxygens (including phenoxy) is 1. The summed E-state index contributed by atoms with van der Waals surface area (Å²) in [6, 6.07) is 4.11. The van der Waals surface area contributed by atoms with Crippen LogP contribution in [0.3, 0.4) is 0 Å². The molecule has 1 amide bonds. The molecule has 0 radical (unpaired) electrons. The van der Waals surface area contributed by atoms with Gasteiger partial charge in [0.15, 0.2) is 0 Å². The molecule has 0 spiro atoms. The Labute approximate surface area is 160 Å². The maximum atomic E-state index is 12.6. The van der Waals surface area contributed by atoms with Crippen LogP contribution in [-0.4, -0.2) is 35.0 Å². The topological polar surface area (TPSA) is 78.8 Å². The fourth-order valence-corrected chi connectivity index (χ4v) is 4.29. The van der Waals surface area contributed by atoms with Crippen LogP contribution < -0.4 is 10.1 Å². The predicted octanol–water partition coefficient (Wildman–Crippen LogP) is 4.95. The van der Waals surface area contributed by atoms with Crippen molar-refractivity contribution in [2.45, 2.75) is 55.9 Å². The molecule has 1 aromatic carbocycles. The number of rotatable bonds is 8. The molecule has 1 aliphatic rings. The van der Waals surface area contributed by atoms with E-state index in [1.165, 1.54) is 37.1 Å². The number of alkyl halides is 3. The van der Waals surface area contributed by atoms with Gasteiger partial charge in [0, 0.05) is 17.2 Å². The largest absolute Gasteiger partial charge is 0.573 e. The lowest BCUT2D eigenvalue weighted by atomic mass is 9.91. The lowest BCUT2D eigenvalue weighted by Crippen LogP contribution is -2.23. The first-order valence-corrected chi connectivity index (χ1v) is 9.90. The zero-order chi connectivity index (χ0) is 19.9. The second-order valence-corrected chi connectivity index (χ2v) is 7.73. The van der Waals surface area contributed by atoms with Crippen molar-refractivity contribution in [3.8, 4) is 5.75 Å². The highest BCUT2D eigenvalue weighted by atomic mass is 32.2. The van der Waals surface area contributed by atoms with E-state index in [1.54, 1.807) is 6.07 Å². The molecule has 1 fully saturated rings. The number of benzene rings is 1. The summed E-state index contributed by atoms with van der Waals surface area (Å²) in [5.41, 5.74) is 0.273. The Morgan fingerprint density at radius 2 is 1.96 bits per heavy atom. The molecular weight excluding hydrogens is 383 g/mol. The molecule has 152 valence electrons. The molecule has 0 heterocycles. The van der Waals surface area contributed by atoms with Crippen molar-refractivity contribution < 1.29 is 32.9 Å². The number of amides is 1. The minimum atomic E-state index is -4.82. The summed E-state index contributed by atoms with van der Waals surface area (Å²) >= 11 is 1.46. The number of aliphatic hydroxyl groups is 1. The molecule has 3 N–H and O–H groups in total. The lowest BCUT2D eigenvalue weighted by molar-refractivity contribution is -0.274. The van der Waals surface area contributed by atoms with E-state index in [2.05, 4.69) is 10.1 Å². The van der Waals surface area contributed by atoms with Crippen LogP contribution in [0.1, 0.15) is 50.2 Å². The summed E-state index contributed by atoms with van der Waals surface area (Å²) in [7, 11) is 0. The van der Waals surface area contributed by atoms with E-state index in [0.29, 0.717) is 10.8 Å². The summed E-state index contributed by atoms with van der Waals surface area (Å²) in [4.78, 5) is 11.1. The first-order chi connectivity index (χ1) is 12.7. The Hall–Kier alpha value is -1.61. The summed E-state index contributed by atoms with van der Waals surface area (Å²) in [6.07, 6.45) is -1.23. The minimum absolute atomic E-state index is 0.00853. The molecule has 27 heavy (non-hydrogen) atoms. The molecule has 1 aromatic rings. The van der Waals surface area contributed by atoms with Gasteiger partial charge in [0.25, 0.3) is 0 Å². The fourth-order valence-electron chi connectivity index (χ4n) is 3.11. The molecular formula is C18H24F3NO4S. The van der Waals surface area contributed by atoms with Gasteiger partial charge in [-0.1, -0.05) is 19.3 Å². The number of hydrogen-bond acceptors (Lipinski definition) is 4. The molecule has 9 heteroatoms. The van der Waals surface area contributed by atoms with Crippen molar-refractivity contribution in [1.82, 2.24) is 5.32 Å². The standard InChI is InChI=1S/C18H24F3NO4S/c19-18(20,21)26-14-8-13(16(23)6-7-22-17(24)25)9-15(10-14)27-11-12-4-2-1-3-5-12/h8-10,12,16,22-23H,1-7,11H2,(H,24,25). The van der Waals surface area contributed by atoms with Gasteiger partial charge in [0.05, 0.1) is 6.10 Å². The Morgan fingerprint density at radius 3 is 2.59 bits per heavy atom. The van der Waals surface area contributed by atoms with Gasteiger partial charge in [0.2, 0.25) is 0 Å². The fraction of sp³-hybridized carbons (Fsp3) is 0.611. The quantitative estimate of drug-likeness (QED) is 0.532. The van der Waals surface area contributed by atoms with Gasteiger partial charge in [-0.15, -0.1) is 24.9 Å². The van der Waals surface area contributed by atoms with E-state index < -0.39 is 18.6 Å². The summed E-state index contributed by atoms with van der Waals surface area (Å²) < 4.78 is 41.9. The van der Waals surface area contributed by atoms with Gasteiger partial charge >= 0.3 is 12.5 Å². The summed E-state index contributed by atoms with van der Waals surface area (Å²) in [6.45, 7) is -0.00853. The Balaban J connectivity index is 2.08. The molecule has 0 bridgehead atoms. The molecule has 2 rings (SSSR count). The van der Waals surface area contributed by atoms with E-state index in [0.717, 1.165) is 24.7 Å². The van der Waals surface area contributed by atoms with Crippen molar-refractivity contribution >= 4 is 17.9 Å². The van der Waals surface area contributed by atoms with E-state index in [9.17, 15) is 23.1 Å². The molecule has 0 aliphatic heterocycles. The first kappa shape index (κ1) is 21.7. The lowest BCUT2D eigenvalue weighted by Gasteiger charge is -2.21. The molecule has 1 saturated carbocycles. The van der Waals surface area contributed by atoms with Crippen LogP contribution >= 0.6 is 11.8 Å².